The highest BCUT2D eigenvalue weighted by Gasteiger charge is 2.21. The number of aromatic nitrogens is 2. The monoisotopic (exact) mass is 320 g/mol. The Morgan fingerprint density at radius 2 is 1.79 bits per heavy atom. The molecule has 0 bridgehead atoms. The van der Waals surface area contributed by atoms with Crippen molar-refractivity contribution in [3.8, 4) is 0 Å². The molecule has 2 heterocycles. The molecule has 5 heteroatoms. The van der Waals surface area contributed by atoms with Gasteiger partial charge in [-0.15, -0.1) is 0 Å². The molecule has 0 fully saturated rings. The number of benzene rings is 1. The fourth-order valence-electron chi connectivity index (χ4n) is 2.20. The molecule has 2 N–H and O–H groups in total. The number of rotatable bonds is 3. The number of para-hydroxylation sites is 1. The number of anilines is 3. The van der Waals surface area contributed by atoms with Crippen LogP contribution in [0.2, 0.25) is 0 Å². The van der Waals surface area contributed by atoms with E-state index in [0.29, 0.717) is 11.5 Å². The van der Waals surface area contributed by atoms with Gasteiger partial charge in [0.1, 0.15) is 5.82 Å². The summed E-state index contributed by atoms with van der Waals surface area (Å²) in [5, 5.41) is 7.20. The van der Waals surface area contributed by atoms with Crippen molar-refractivity contribution in [2.45, 2.75) is 20.8 Å². The van der Waals surface area contributed by atoms with Crippen molar-refractivity contribution >= 4 is 34.0 Å². The van der Waals surface area contributed by atoms with Crippen LogP contribution in [-0.2, 0) is 4.79 Å². The van der Waals surface area contributed by atoms with Crippen LogP contribution in [-0.4, -0.2) is 15.9 Å². The maximum atomic E-state index is 12.0. The van der Waals surface area contributed by atoms with Gasteiger partial charge in [-0.05, 0) is 24.3 Å². The number of fused-ring (bicyclic) bond motifs is 1. The average Bonchev–Trinajstić information content (AvgIpc) is 2.56. The van der Waals surface area contributed by atoms with Crippen molar-refractivity contribution in [2.24, 2.45) is 5.41 Å². The van der Waals surface area contributed by atoms with Crippen LogP contribution in [0.25, 0.3) is 10.9 Å². The summed E-state index contributed by atoms with van der Waals surface area (Å²) in [7, 11) is 0. The molecule has 0 aliphatic heterocycles. The SMILES string of the molecule is CC(C)(C)C(=O)Nc1ccc(Nc2cccc3cccnc23)nc1. The Morgan fingerprint density at radius 1 is 1.00 bits per heavy atom. The predicted octanol–water partition coefficient (Wildman–Crippen LogP) is 4.36. The first-order valence-corrected chi connectivity index (χ1v) is 7.82. The highest BCUT2D eigenvalue weighted by Crippen LogP contribution is 2.24. The average molecular weight is 320 g/mol. The molecule has 0 unspecified atom stereocenters. The molecule has 1 amide bonds. The summed E-state index contributed by atoms with van der Waals surface area (Å²) in [6.45, 7) is 5.62. The molecule has 3 rings (SSSR count). The molecule has 1 aromatic carbocycles. The summed E-state index contributed by atoms with van der Waals surface area (Å²) in [6.07, 6.45) is 3.41. The normalized spacial score (nSPS) is 11.3. The Morgan fingerprint density at radius 3 is 2.50 bits per heavy atom. The second-order valence-electron chi connectivity index (χ2n) is 6.64. The topological polar surface area (TPSA) is 66.9 Å². The quantitative estimate of drug-likeness (QED) is 0.752. The first-order chi connectivity index (χ1) is 11.4. The Labute approximate surface area is 141 Å². The standard InChI is InChI=1S/C19H20N4O/c1-19(2,3)18(24)22-14-9-10-16(21-12-14)23-15-8-4-6-13-7-5-11-20-17(13)15/h4-12H,1-3H3,(H,21,23)(H,22,24). The van der Waals surface area contributed by atoms with E-state index in [4.69, 9.17) is 0 Å². The molecule has 2 aromatic heterocycles. The summed E-state index contributed by atoms with van der Waals surface area (Å²) in [5.74, 6) is 0.658. The number of hydrogen-bond donors (Lipinski definition) is 2. The molecule has 5 nitrogen and oxygen atoms in total. The van der Waals surface area contributed by atoms with Gasteiger partial charge in [0.2, 0.25) is 5.91 Å². The van der Waals surface area contributed by atoms with Crippen LogP contribution in [0.5, 0.6) is 0 Å². The lowest BCUT2D eigenvalue weighted by Gasteiger charge is -2.17. The Hall–Kier alpha value is -2.95. The summed E-state index contributed by atoms with van der Waals surface area (Å²) < 4.78 is 0. The van der Waals surface area contributed by atoms with Gasteiger partial charge in [-0.25, -0.2) is 4.98 Å². The number of nitrogens with one attached hydrogen (secondary N) is 2. The van der Waals surface area contributed by atoms with E-state index in [0.717, 1.165) is 16.6 Å². The van der Waals surface area contributed by atoms with E-state index >= 15 is 0 Å². The van der Waals surface area contributed by atoms with E-state index in [9.17, 15) is 4.79 Å². The van der Waals surface area contributed by atoms with Gasteiger partial charge in [0.15, 0.2) is 0 Å². The Bertz CT molecular complexity index is 861. The largest absolute Gasteiger partial charge is 0.338 e. The van der Waals surface area contributed by atoms with Crippen LogP contribution in [0.1, 0.15) is 20.8 Å². The van der Waals surface area contributed by atoms with Crippen molar-refractivity contribution in [2.75, 3.05) is 10.6 Å². The van der Waals surface area contributed by atoms with Gasteiger partial charge in [0, 0.05) is 17.0 Å². The van der Waals surface area contributed by atoms with Crippen LogP contribution in [0.4, 0.5) is 17.2 Å². The molecule has 0 saturated carbocycles. The number of nitrogens with zero attached hydrogens (tertiary/aromatic N) is 2. The zero-order valence-electron chi connectivity index (χ0n) is 14.0. The number of amides is 1. The van der Waals surface area contributed by atoms with Gasteiger partial charge in [0.05, 0.1) is 23.1 Å². The van der Waals surface area contributed by atoms with Crippen molar-refractivity contribution in [1.29, 1.82) is 0 Å². The van der Waals surface area contributed by atoms with Crippen LogP contribution in [0.15, 0.2) is 54.9 Å². The second kappa shape index (κ2) is 6.28. The smallest absolute Gasteiger partial charge is 0.229 e. The number of carbonyl (C=O) groups is 1. The third-order valence-corrected chi connectivity index (χ3v) is 3.60. The van der Waals surface area contributed by atoms with Gasteiger partial charge in [0.25, 0.3) is 0 Å². The maximum Gasteiger partial charge on any atom is 0.229 e. The minimum Gasteiger partial charge on any atom is -0.338 e. The highest BCUT2D eigenvalue weighted by atomic mass is 16.2. The molecule has 3 aromatic rings. The van der Waals surface area contributed by atoms with Crippen molar-refractivity contribution in [3.63, 3.8) is 0 Å². The summed E-state index contributed by atoms with van der Waals surface area (Å²) in [6, 6.07) is 13.6. The zero-order chi connectivity index (χ0) is 17.2. The Balaban J connectivity index is 1.78. The molecule has 0 aliphatic carbocycles. The zero-order valence-corrected chi connectivity index (χ0v) is 14.0. The van der Waals surface area contributed by atoms with Crippen LogP contribution >= 0.6 is 0 Å². The number of hydrogen-bond acceptors (Lipinski definition) is 4. The lowest BCUT2D eigenvalue weighted by Crippen LogP contribution is -2.27. The second-order valence-corrected chi connectivity index (χ2v) is 6.64. The van der Waals surface area contributed by atoms with E-state index in [-0.39, 0.29) is 5.91 Å². The first kappa shape index (κ1) is 15.9. The molecule has 24 heavy (non-hydrogen) atoms. The first-order valence-electron chi connectivity index (χ1n) is 7.82. The van der Waals surface area contributed by atoms with Gasteiger partial charge in [-0.1, -0.05) is 39.0 Å². The molecule has 0 saturated heterocycles. The van der Waals surface area contributed by atoms with E-state index in [2.05, 4.69) is 20.6 Å². The van der Waals surface area contributed by atoms with Crippen LogP contribution in [0.3, 0.4) is 0 Å². The lowest BCUT2D eigenvalue weighted by atomic mass is 9.96. The van der Waals surface area contributed by atoms with E-state index in [1.807, 2.05) is 63.2 Å². The molecule has 0 radical (unpaired) electrons. The third kappa shape index (κ3) is 3.51. The van der Waals surface area contributed by atoms with E-state index in [1.165, 1.54) is 0 Å². The van der Waals surface area contributed by atoms with Gasteiger partial charge in [-0.3, -0.25) is 9.78 Å². The summed E-state index contributed by atoms with van der Waals surface area (Å²) >= 11 is 0. The van der Waals surface area contributed by atoms with E-state index < -0.39 is 5.41 Å². The lowest BCUT2D eigenvalue weighted by molar-refractivity contribution is -0.123. The minimum atomic E-state index is -0.439. The van der Waals surface area contributed by atoms with Gasteiger partial charge < -0.3 is 10.6 Å². The molecular weight excluding hydrogens is 300 g/mol. The van der Waals surface area contributed by atoms with Gasteiger partial charge >= 0.3 is 0 Å². The number of pyridine rings is 2. The molecule has 0 atom stereocenters. The van der Waals surface area contributed by atoms with E-state index in [1.54, 1.807) is 12.4 Å². The maximum absolute atomic E-state index is 12.0. The van der Waals surface area contributed by atoms with Crippen molar-refractivity contribution < 1.29 is 4.79 Å². The molecule has 0 spiro atoms. The minimum absolute atomic E-state index is 0.0386. The van der Waals surface area contributed by atoms with Gasteiger partial charge in [-0.2, -0.15) is 0 Å². The van der Waals surface area contributed by atoms with Crippen LogP contribution in [0, 0.1) is 5.41 Å². The Kier molecular flexibility index (Phi) is 4.16. The van der Waals surface area contributed by atoms with Crippen molar-refractivity contribution in [3.05, 3.63) is 54.9 Å². The summed E-state index contributed by atoms with van der Waals surface area (Å²) in [5.41, 5.74) is 2.03. The third-order valence-electron chi connectivity index (χ3n) is 3.60. The van der Waals surface area contributed by atoms with Crippen LogP contribution < -0.4 is 10.6 Å². The fourth-order valence-corrected chi connectivity index (χ4v) is 2.20. The molecule has 0 aliphatic rings. The highest BCUT2D eigenvalue weighted by molar-refractivity contribution is 5.94. The fraction of sp³-hybridized carbons (Fsp3) is 0.211. The number of carbonyl (C=O) groups excluding carboxylic acids is 1. The predicted molar refractivity (Wildman–Crippen MR) is 97.3 cm³/mol. The molecular formula is C19H20N4O. The van der Waals surface area contributed by atoms with Crippen molar-refractivity contribution in [1.82, 2.24) is 9.97 Å². The summed E-state index contributed by atoms with van der Waals surface area (Å²) in [4.78, 5) is 20.8. The molecule has 122 valence electrons.